The van der Waals surface area contributed by atoms with Crippen molar-refractivity contribution >= 4 is 23.2 Å². The predicted molar refractivity (Wildman–Crippen MR) is 72.6 cm³/mol. The van der Waals surface area contributed by atoms with E-state index in [1.165, 1.54) is 23.3 Å². The number of rotatable bonds is 2. The van der Waals surface area contributed by atoms with Gasteiger partial charge < -0.3 is 10.0 Å². The zero-order chi connectivity index (χ0) is 13.4. The maximum absolute atomic E-state index is 12.4. The van der Waals surface area contributed by atoms with Crippen molar-refractivity contribution in [1.29, 1.82) is 0 Å². The normalized spacial score (nSPS) is 22.3. The molecule has 4 nitrogen and oxygen atoms in total. The largest absolute Gasteiger partial charge is 0.481 e. The fraction of sp³-hybridized carbons (Fsp3) is 0.571. The molecule has 3 rings (SSSR count). The Morgan fingerprint density at radius 3 is 2.79 bits per heavy atom. The number of carbonyl (C=O) groups excluding carboxylic acids is 1. The topological polar surface area (TPSA) is 57.6 Å². The molecule has 0 bridgehead atoms. The molecule has 19 heavy (non-hydrogen) atoms. The van der Waals surface area contributed by atoms with Gasteiger partial charge in [-0.3, -0.25) is 9.59 Å². The molecule has 1 amide bonds. The van der Waals surface area contributed by atoms with E-state index < -0.39 is 11.9 Å². The highest BCUT2D eigenvalue weighted by Gasteiger charge is 2.32. The smallest absolute Gasteiger partial charge is 0.308 e. The van der Waals surface area contributed by atoms with Crippen molar-refractivity contribution in [2.24, 2.45) is 5.92 Å². The Bertz CT molecular complexity index is 499. The number of aliphatic carboxylic acids is 1. The quantitative estimate of drug-likeness (QED) is 0.902. The van der Waals surface area contributed by atoms with Gasteiger partial charge in [0.2, 0.25) is 0 Å². The zero-order valence-electron chi connectivity index (χ0n) is 10.7. The Morgan fingerprint density at radius 1 is 1.32 bits per heavy atom. The number of carboxylic acid groups (broad SMARTS) is 1. The number of hydrogen-bond donors (Lipinski definition) is 1. The first kappa shape index (κ1) is 12.7. The molecule has 0 saturated carbocycles. The standard InChI is InChI=1S/C14H17NO3S/c16-13(15-6-5-10(8-15)14(17)18)12-7-9-3-1-2-4-11(9)19-12/h7,10H,1-6,8H2,(H,17,18). The van der Waals surface area contributed by atoms with Crippen LogP contribution < -0.4 is 0 Å². The monoisotopic (exact) mass is 279 g/mol. The number of thiophene rings is 1. The molecule has 102 valence electrons. The highest BCUT2D eigenvalue weighted by molar-refractivity contribution is 7.14. The number of likely N-dealkylation sites (tertiary alicyclic amines) is 1. The molecule has 0 spiro atoms. The molecular formula is C14H17NO3S. The lowest BCUT2D eigenvalue weighted by molar-refractivity contribution is -0.141. The van der Waals surface area contributed by atoms with Crippen LogP contribution in [0.4, 0.5) is 0 Å². The van der Waals surface area contributed by atoms with Gasteiger partial charge in [-0.05, 0) is 43.7 Å². The maximum Gasteiger partial charge on any atom is 0.308 e. The molecule has 1 atom stereocenters. The minimum Gasteiger partial charge on any atom is -0.481 e. The van der Waals surface area contributed by atoms with Gasteiger partial charge in [-0.25, -0.2) is 0 Å². The molecule has 2 aliphatic rings. The number of amides is 1. The molecule has 5 heteroatoms. The number of nitrogens with zero attached hydrogens (tertiary/aromatic N) is 1. The van der Waals surface area contributed by atoms with Crippen molar-refractivity contribution in [1.82, 2.24) is 4.90 Å². The van der Waals surface area contributed by atoms with Gasteiger partial charge in [0.25, 0.3) is 5.91 Å². The Labute approximate surface area is 116 Å². The third kappa shape index (κ3) is 2.39. The van der Waals surface area contributed by atoms with Crippen LogP contribution in [0.25, 0.3) is 0 Å². The van der Waals surface area contributed by atoms with Gasteiger partial charge in [0.1, 0.15) is 0 Å². The van der Waals surface area contributed by atoms with Crippen LogP contribution in [0.2, 0.25) is 0 Å². The van der Waals surface area contributed by atoms with E-state index in [4.69, 9.17) is 5.11 Å². The van der Waals surface area contributed by atoms with Crippen LogP contribution in [-0.2, 0) is 17.6 Å². The molecule has 1 saturated heterocycles. The molecular weight excluding hydrogens is 262 g/mol. The van der Waals surface area contributed by atoms with E-state index in [9.17, 15) is 9.59 Å². The Hall–Kier alpha value is -1.36. The Kier molecular flexibility index (Phi) is 3.31. The van der Waals surface area contributed by atoms with Crippen molar-refractivity contribution in [3.8, 4) is 0 Å². The van der Waals surface area contributed by atoms with Crippen molar-refractivity contribution in [3.63, 3.8) is 0 Å². The van der Waals surface area contributed by atoms with Gasteiger partial charge in [-0.2, -0.15) is 0 Å². The fourth-order valence-electron chi connectivity index (χ4n) is 2.90. The van der Waals surface area contributed by atoms with Crippen LogP contribution in [0.3, 0.4) is 0 Å². The van der Waals surface area contributed by atoms with E-state index in [1.807, 2.05) is 6.07 Å². The minimum absolute atomic E-state index is 0.0168. The average Bonchev–Trinajstić information content (AvgIpc) is 3.04. The van der Waals surface area contributed by atoms with E-state index in [0.717, 1.165) is 17.7 Å². The van der Waals surface area contributed by atoms with Crippen LogP contribution in [0.5, 0.6) is 0 Å². The molecule has 0 radical (unpaired) electrons. The van der Waals surface area contributed by atoms with Crippen LogP contribution in [0.1, 0.15) is 39.4 Å². The van der Waals surface area contributed by atoms with Crippen molar-refractivity contribution in [2.45, 2.75) is 32.1 Å². The number of carbonyl (C=O) groups is 2. The first-order valence-corrected chi connectivity index (χ1v) is 7.60. The van der Waals surface area contributed by atoms with Gasteiger partial charge in [-0.1, -0.05) is 0 Å². The van der Waals surface area contributed by atoms with E-state index in [2.05, 4.69) is 0 Å². The summed E-state index contributed by atoms with van der Waals surface area (Å²) in [6.45, 7) is 0.926. The van der Waals surface area contributed by atoms with Gasteiger partial charge in [0, 0.05) is 18.0 Å². The molecule has 1 fully saturated rings. The summed E-state index contributed by atoms with van der Waals surface area (Å²) in [4.78, 5) is 27.1. The minimum atomic E-state index is -0.791. The molecule has 1 unspecified atom stereocenters. The summed E-state index contributed by atoms with van der Waals surface area (Å²) in [6.07, 6.45) is 5.17. The first-order valence-electron chi connectivity index (χ1n) is 6.79. The summed E-state index contributed by atoms with van der Waals surface area (Å²) < 4.78 is 0. The lowest BCUT2D eigenvalue weighted by atomic mass is 9.99. The highest BCUT2D eigenvalue weighted by Crippen LogP contribution is 2.31. The van der Waals surface area contributed by atoms with Gasteiger partial charge in [-0.15, -0.1) is 11.3 Å². The predicted octanol–water partition coefficient (Wildman–Crippen LogP) is 2.17. The second-order valence-electron chi connectivity index (χ2n) is 5.34. The van der Waals surface area contributed by atoms with Crippen molar-refractivity contribution < 1.29 is 14.7 Å². The van der Waals surface area contributed by atoms with Crippen molar-refractivity contribution in [3.05, 3.63) is 21.4 Å². The third-order valence-electron chi connectivity index (χ3n) is 4.03. The first-order chi connectivity index (χ1) is 9.15. The van der Waals surface area contributed by atoms with Crippen LogP contribution >= 0.6 is 11.3 Å². The summed E-state index contributed by atoms with van der Waals surface area (Å²) in [5, 5.41) is 8.98. The Morgan fingerprint density at radius 2 is 2.11 bits per heavy atom. The molecule has 1 N–H and O–H groups in total. The van der Waals surface area contributed by atoms with Gasteiger partial charge in [0.05, 0.1) is 10.8 Å². The average molecular weight is 279 g/mol. The summed E-state index contributed by atoms with van der Waals surface area (Å²) >= 11 is 1.60. The highest BCUT2D eigenvalue weighted by atomic mass is 32.1. The van der Waals surface area contributed by atoms with E-state index in [0.29, 0.717) is 19.5 Å². The number of carboxylic acids is 1. The molecule has 1 aromatic heterocycles. The van der Waals surface area contributed by atoms with Crippen LogP contribution in [0.15, 0.2) is 6.07 Å². The molecule has 1 aromatic rings. The molecule has 0 aromatic carbocycles. The molecule has 2 heterocycles. The second kappa shape index (κ2) is 4.96. The molecule has 1 aliphatic heterocycles. The van der Waals surface area contributed by atoms with E-state index in [1.54, 1.807) is 16.2 Å². The van der Waals surface area contributed by atoms with E-state index in [-0.39, 0.29) is 5.91 Å². The Balaban J connectivity index is 1.74. The number of aryl methyl sites for hydroxylation is 2. The number of hydrogen-bond acceptors (Lipinski definition) is 3. The summed E-state index contributed by atoms with van der Waals surface area (Å²) in [5.74, 6) is -1.16. The summed E-state index contributed by atoms with van der Waals surface area (Å²) in [7, 11) is 0. The van der Waals surface area contributed by atoms with E-state index >= 15 is 0 Å². The van der Waals surface area contributed by atoms with Crippen LogP contribution in [0, 0.1) is 5.92 Å². The maximum atomic E-state index is 12.4. The third-order valence-corrected chi connectivity index (χ3v) is 5.26. The zero-order valence-corrected chi connectivity index (χ0v) is 11.5. The van der Waals surface area contributed by atoms with Crippen LogP contribution in [-0.4, -0.2) is 35.0 Å². The van der Waals surface area contributed by atoms with Crippen molar-refractivity contribution in [2.75, 3.05) is 13.1 Å². The second-order valence-corrected chi connectivity index (χ2v) is 6.48. The van der Waals surface area contributed by atoms with Gasteiger partial charge in [0.15, 0.2) is 0 Å². The summed E-state index contributed by atoms with van der Waals surface area (Å²) in [5.41, 5.74) is 1.33. The lowest BCUT2D eigenvalue weighted by Crippen LogP contribution is -2.29. The summed E-state index contributed by atoms with van der Waals surface area (Å²) in [6, 6.07) is 2.02. The fourth-order valence-corrected chi connectivity index (χ4v) is 4.12. The number of fused-ring (bicyclic) bond motifs is 1. The lowest BCUT2D eigenvalue weighted by Gasteiger charge is -2.14. The van der Waals surface area contributed by atoms with Gasteiger partial charge >= 0.3 is 5.97 Å². The molecule has 1 aliphatic carbocycles. The SMILES string of the molecule is O=C(O)C1CCN(C(=O)c2cc3c(s2)CCCC3)C1.